The van der Waals surface area contributed by atoms with Gasteiger partial charge in [0.1, 0.15) is 0 Å². The molecule has 0 atom stereocenters. The fourth-order valence-electron chi connectivity index (χ4n) is 2.70. The highest BCUT2D eigenvalue weighted by atomic mass is 127. The molecular formula is C18H38IN. The standard InChI is InChI=1S/C18H38IN/c1-3-4-5-6-7-8-9-10-11-12-13-14-15-16-17-18-20(2)19/h3-18H2,1-2H3. The number of rotatable bonds is 16. The molecule has 0 fully saturated rings. The van der Waals surface area contributed by atoms with E-state index in [2.05, 4.69) is 39.9 Å². The maximum absolute atomic E-state index is 2.38. The van der Waals surface area contributed by atoms with Gasteiger partial charge in [0.05, 0.1) is 0 Å². The van der Waals surface area contributed by atoms with Gasteiger partial charge in [-0.2, -0.15) is 0 Å². The molecule has 20 heavy (non-hydrogen) atoms. The summed E-state index contributed by atoms with van der Waals surface area (Å²) in [6.45, 7) is 3.54. The maximum atomic E-state index is 2.38. The van der Waals surface area contributed by atoms with Gasteiger partial charge in [-0.25, -0.2) is 0 Å². The summed E-state index contributed by atoms with van der Waals surface area (Å²) in [4.78, 5) is 0. The first-order valence-electron chi connectivity index (χ1n) is 9.14. The van der Waals surface area contributed by atoms with Crippen LogP contribution in [0.25, 0.3) is 0 Å². The Balaban J connectivity index is 2.92. The van der Waals surface area contributed by atoms with Gasteiger partial charge < -0.3 is 0 Å². The summed E-state index contributed by atoms with van der Waals surface area (Å²) in [5, 5.41) is 0. The van der Waals surface area contributed by atoms with Crippen molar-refractivity contribution in [1.82, 2.24) is 3.11 Å². The lowest BCUT2D eigenvalue weighted by Crippen LogP contribution is -2.04. The lowest BCUT2D eigenvalue weighted by atomic mass is 10.0. The number of halogens is 1. The minimum atomic E-state index is 1.25. The third-order valence-electron chi connectivity index (χ3n) is 4.07. The summed E-state index contributed by atoms with van der Waals surface area (Å²) in [6, 6.07) is 0. The summed E-state index contributed by atoms with van der Waals surface area (Å²) >= 11 is 2.38. The molecule has 0 aromatic heterocycles. The minimum Gasteiger partial charge on any atom is -0.251 e. The van der Waals surface area contributed by atoms with E-state index in [-0.39, 0.29) is 0 Å². The molecule has 0 aliphatic rings. The zero-order valence-electron chi connectivity index (χ0n) is 14.1. The summed E-state index contributed by atoms with van der Waals surface area (Å²) in [7, 11) is 2.16. The first-order valence-corrected chi connectivity index (χ1v) is 10.1. The molecule has 0 unspecified atom stereocenters. The molecule has 0 rings (SSSR count). The van der Waals surface area contributed by atoms with Gasteiger partial charge in [0.2, 0.25) is 0 Å². The van der Waals surface area contributed by atoms with E-state index < -0.39 is 0 Å². The van der Waals surface area contributed by atoms with Crippen LogP contribution in [0.1, 0.15) is 103 Å². The maximum Gasteiger partial charge on any atom is 0.0198 e. The van der Waals surface area contributed by atoms with Crippen LogP contribution in [0.3, 0.4) is 0 Å². The van der Waals surface area contributed by atoms with Crippen LogP contribution >= 0.6 is 22.9 Å². The molecule has 0 aliphatic heterocycles. The van der Waals surface area contributed by atoms with Gasteiger partial charge in [-0.05, 0) is 13.5 Å². The number of unbranched alkanes of at least 4 members (excludes halogenated alkanes) is 14. The van der Waals surface area contributed by atoms with Crippen molar-refractivity contribution in [3.05, 3.63) is 0 Å². The van der Waals surface area contributed by atoms with Gasteiger partial charge >= 0.3 is 0 Å². The molecule has 0 aromatic rings. The molecule has 122 valence electrons. The van der Waals surface area contributed by atoms with Crippen LogP contribution in [0.15, 0.2) is 0 Å². The van der Waals surface area contributed by atoms with Gasteiger partial charge in [-0.15, -0.1) is 0 Å². The summed E-state index contributed by atoms with van der Waals surface area (Å²) in [5.74, 6) is 0. The SMILES string of the molecule is CCCCCCCCCCCCCCCCCN(C)I. The van der Waals surface area contributed by atoms with Crippen LogP contribution in [-0.4, -0.2) is 16.7 Å². The number of hydrogen-bond donors (Lipinski definition) is 0. The van der Waals surface area contributed by atoms with E-state index in [9.17, 15) is 0 Å². The van der Waals surface area contributed by atoms with E-state index in [1.807, 2.05) is 0 Å². The quantitative estimate of drug-likeness (QED) is 0.152. The van der Waals surface area contributed by atoms with E-state index >= 15 is 0 Å². The highest BCUT2D eigenvalue weighted by Gasteiger charge is 1.95. The van der Waals surface area contributed by atoms with Crippen molar-refractivity contribution in [2.75, 3.05) is 13.6 Å². The van der Waals surface area contributed by atoms with Crippen LogP contribution in [0.5, 0.6) is 0 Å². The van der Waals surface area contributed by atoms with Crippen molar-refractivity contribution in [3.8, 4) is 0 Å². The van der Waals surface area contributed by atoms with E-state index in [1.165, 1.54) is 103 Å². The van der Waals surface area contributed by atoms with Crippen molar-refractivity contribution in [3.63, 3.8) is 0 Å². The second-order valence-electron chi connectivity index (χ2n) is 6.28. The molecule has 0 N–H and O–H groups in total. The van der Waals surface area contributed by atoms with E-state index in [4.69, 9.17) is 0 Å². The fourth-order valence-corrected chi connectivity index (χ4v) is 3.04. The van der Waals surface area contributed by atoms with Gasteiger partial charge in [-0.3, -0.25) is 3.11 Å². The molecule has 0 aliphatic carbocycles. The number of hydrogen-bond acceptors (Lipinski definition) is 1. The van der Waals surface area contributed by atoms with Crippen LogP contribution < -0.4 is 0 Å². The van der Waals surface area contributed by atoms with Crippen molar-refractivity contribution in [1.29, 1.82) is 0 Å². The van der Waals surface area contributed by atoms with E-state index in [1.54, 1.807) is 0 Å². The smallest absolute Gasteiger partial charge is 0.0198 e. The molecule has 0 bridgehead atoms. The van der Waals surface area contributed by atoms with Gasteiger partial charge in [-0.1, -0.05) is 96.8 Å². The zero-order valence-corrected chi connectivity index (χ0v) is 16.3. The average Bonchev–Trinajstić information content (AvgIpc) is 2.43. The second kappa shape index (κ2) is 17.7. The molecule has 0 radical (unpaired) electrons. The minimum absolute atomic E-state index is 1.25. The van der Waals surface area contributed by atoms with Crippen LogP contribution in [0.4, 0.5) is 0 Å². The van der Waals surface area contributed by atoms with Crippen LogP contribution in [0.2, 0.25) is 0 Å². The Bertz CT molecular complexity index is 171. The summed E-state index contributed by atoms with van der Waals surface area (Å²) < 4.78 is 2.26. The topological polar surface area (TPSA) is 3.24 Å². The van der Waals surface area contributed by atoms with E-state index in [0.29, 0.717) is 0 Å². The molecule has 0 heterocycles. The normalized spacial score (nSPS) is 11.4. The third kappa shape index (κ3) is 18.7. The summed E-state index contributed by atoms with van der Waals surface area (Å²) in [5.41, 5.74) is 0. The Morgan fingerprint density at radius 1 is 0.550 bits per heavy atom. The fraction of sp³-hybridized carbons (Fsp3) is 1.00. The monoisotopic (exact) mass is 395 g/mol. The molecule has 2 heteroatoms. The molecule has 1 nitrogen and oxygen atoms in total. The lowest BCUT2D eigenvalue weighted by Gasteiger charge is -2.06. The zero-order chi connectivity index (χ0) is 14.9. The van der Waals surface area contributed by atoms with Gasteiger partial charge in [0.25, 0.3) is 0 Å². The second-order valence-corrected chi connectivity index (χ2v) is 7.93. The molecule has 0 saturated heterocycles. The lowest BCUT2D eigenvalue weighted by molar-refractivity contribution is 0.513. The first kappa shape index (κ1) is 20.7. The predicted octanol–water partition coefficient (Wildman–Crippen LogP) is 7.14. The van der Waals surface area contributed by atoms with Crippen molar-refractivity contribution < 1.29 is 0 Å². The van der Waals surface area contributed by atoms with Crippen LogP contribution in [-0.2, 0) is 0 Å². The van der Waals surface area contributed by atoms with Gasteiger partial charge in [0, 0.05) is 29.4 Å². The average molecular weight is 395 g/mol. The van der Waals surface area contributed by atoms with Crippen LogP contribution in [0, 0.1) is 0 Å². The highest BCUT2D eigenvalue weighted by Crippen LogP contribution is 2.13. The third-order valence-corrected chi connectivity index (χ3v) is 4.55. The molecule has 0 saturated carbocycles. The first-order chi connectivity index (χ1) is 9.77. The molecule has 0 amide bonds. The largest absolute Gasteiger partial charge is 0.251 e. The Labute approximate surface area is 142 Å². The van der Waals surface area contributed by atoms with Crippen molar-refractivity contribution >= 4 is 22.9 Å². The Kier molecular flexibility index (Phi) is 18.4. The van der Waals surface area contributed by atoms with Crippen molar-refractivity contribution in [2.24, 2.45) is 0 Å². The Morgan fingerprint density at radius 2 is 0.850 bits per heavy atom. The molecular weight excluding hydrogens is 357 g/mol. The Morgan fingerprint density at radius 3 is 1.15 bits per heavy atom. The van der Waals surface area contributed by atoms with E-state index in [0.717, 1.165) is 0 Å². The Hall–Kier alpha value is 0.690. The van der Waals surface area contributed by atoms with Crippen molar-refractivity contribution in [2.45, 2.75) is 103 Å². The highest BCUT2D eigenvalue weighted by molar-refractivity contribution is 14.1. The molecule has 0 aromatic carbocycles. The van der Waals surface area contributed by atoms with Gasteiger partial charge in [0.15, 0.2) is 0 Å². The summed E-state index contributed by atoms with van der Waals surface area (Å²) in [6.07, 6.45) is 21.8. The number of nitrogens with zero attached hydrogens (tertiary/aromatic N) is 1. The predicted molar refractivity (Wildman–Crippen MR) is 102 cm³/mol. The molecule has 0 spiro atoms.